The molecule has 82 valence electrons. The second-order valence-electron chi connectivity index (χ2n) is 2.80. The molecule has 1 aromatic carbocycles. The number of ether oxygens (including phenoxy) is 1. The molecule has 0 aliphatic carbocycles. The lowest BCUT2D eigenvalue weighted by Gasteiger charge is -1.92. The van der Waals surface area contributed by atoms with Crippen LogP contribution in [0.2, 0.25) is 0 Å². The number of aldehydes is 1. The van der Waals surface area contributed by atoms with Crippen LogP contribution in [0.25, 0.3) is 6.08 Å². The number of carbonyl (C=O) groups excluding carboxylic acids is 2. The van der Waals surface area contributed by atoms with Crippen LogP contribution in [0.1, 0.15) is 5.56 Å². The number of carbonyl (C=O) groups is 2. The Morgan fingerprint density at radius 2 is 1.94 bits per heavy atom. The summed E-state index contributed by atoms with van der Waals surface area (Å²) >= 11 is 0. The average molecular weight is 220 g/mol. The first-order valence-electron chi connectivity index (χ1n) is 4.47. The minimum atomic E-state index is -1.14. The summed E-state index contributed by atoms with van der Waals surface area (Å²) in [6.45, 7) is 0. The second-order valence-corrected chi connectivity index (χ2v) is 2.80. The highest BCUT2D eigenvalue weighted by Crippen LogP contribution is 2.01. The Morgan fingerprint density at radius 1 is 1.25 bits per heavy atom. The molecular formula is C12H9FO3. The van der Waals surface area contributed by atoms with Crippen molar-refractivity contribution in [3.63, 3.8) is 0 Å². The monoisotopic (exact) mass is 220 g/mol. The molecule has 0 fully saturated rings. The van der Waals surface area contributed by atoms with Crippen LogP contribution < -0.4 is 0 Å². The molecule has 0 aliphatic heterocycles. The average Bonchev–Trinajstić information content (AvgIpc) is 2.34. The van der Waals surface area contributed by atoms with Gasteiger partial charge in [0, 0.05) is 6.08 Å². The van der Waals surface area contributed by atoms with Gasteiger partial charge in [-0.15, -0.1) is 0 Å². The molecule has 0 atom stereocenters. The lowest BCUT2D eigenvalue weighted by molar-refractivity contribution is -0.132. The van der Waals surface area contributed by atoms with Crippen LogP contribution in [-0.2, 0) is 14.3 Å². The zero-order valence-corrected chi connectivity index (χ0v) is 8.30. The summed E-state index contributed by atoms with van der Waals surface area (Å²) < 4.78 is 16.6. The second kappa shape index (κ2) is 6.29. The van der Waals surface area contributed by atoms with Gasteiger partial charge < -0.3 is 4.74 Å². The molecule has 0 amide bonds. The fourth-order valence-electron chi connectivity index (χ4n) is 0.910. The standard InChI is InChI=1S/C12H9FO3/c13-11(8-14)9-16-12(15)7-6-10-4-2-1-3-5-10/h1-9H/b7-6+,11-9-. The number of rotatable bonds is 4. The van der Waals surface area contributed by atoms with Crippen molar-refractivity contribution in [1.29, 1.82) is 0 Å². The summed E-state index contributed by atoms with van der Waals surface area (Å²) in [5.74, 6) is -1.89. The largest absolute Gasteiger partial charge is 0.428 e. The summed E-state index contributed by atoms with van der Waals surface area (Å²) in [4.78, 5) is 20.8. The highest BCUT2D eigenvalue weighted by Gasteiger charge is 1.96. The van der Waals surface area contributed by atoms with Gasteiger partial charge in [-0.3, -0.25) is 4.79 Å². The maximum absolute atomic E-state index is 12.2. The Kier molecular flexibility index (Phi) is 4.66. The van der Waals surface area contributed by atoms with Crippen LogP contribution >= 0.6 is 0 Å². The van der Waals surface area contributed by atoms with Crippen molar-refractivity contribution in [2.75, 3.05) is 0 Å². The molecule has 1 rings (SSSR count). The van der Waals surface area contributed by atoms with E-state index in [0.29, 0.717) is 6.26 Å². The van der Waals surface area contributed by atoms with Crippen molar-refractivity contribution in [2.24, 2.45) is 0 Å². The van der Waals surface area contributed by atoms with Crippen LogP contribution in [0, 0.1) is 0 Å². The van der Waals surface area contributed by atoms with Crippen molar-refractivity contribution in [2.45, 2.75) is 0 Å². The third kappa shape index (κ3) is 4.32. The lowest BCUT2D eigenvalue weighted by atomic mass is 10.2. The van der Waals surface area contributed by atoms with Gasteiger partial charge in [0.05, 0.1) is 0 Å². The van der Waals surface area contributed by atoms with Crippen molar-refractivity contribution in [3.8, 4) is 0 Å². The van der Waals surface area contributed by atoms with Gasteiger partial charge >= 0.3 is 5.97 Å². The third-order valence-electron chi connectivity index (χ3n) is 1.61. The van der Waals surface area contributed by atoms with E-state index in [4.69, 9.17) is 0 Å². The number of benzene rings is 1. The van der Waals surface area contributed by atoms with Gasteiger partial charge in [-0.25, -0.2) is 4.79 Å². The molecule has 0 saturated carbocycles. The first-order valence-corrected chi connectivity index (χ1v) is 4.47. The molecule has 0 heterocycles. The van der Waals surface area contributed by atoms with E-state index in [0.717, 1.165) is 11.6 Å². The minimum Gasteiger partial charge on any atom is -0.428 e. The van der Waals surface area contributed by atoms with Gasteiger partial charge in [0.15, 0.2) is 12.1 Å². The van der Waals surface area contributed by atoms with E-state index < -0.39 is 11.8 Å². The predicted molar refractivity (Wildman–Crippen MR) is 56.8 cm³/mol. The van der Waals surface area contributed by atoms with Gasteiger partial charge in [0.2, 0.25) is 0 Å². The normalized spacial score (nSPS) is 11.4. The van der Waals surface area contributed by atoms with Crippen molar-refractivity contribution >= 4 is 18.3 Å². The molecule has 0 aromatic heterocycles. The molecule has 4 heteroatoms. The smallest absolute Gasteiger partial charge is 0.335 e. The van der Waals surface area contributed by atoms with E-state index >= 15 is 0 Å². The quantitative estimate of drug-likeness (QED) is 0.338. The molecule has 0 N–H and O–H groups in total. The summed E-state index contributed by atoms with van der Waals surface area (Å²) in [6, 6.07) is 9.07. The lowest BCUT2D eigenvalue weighted by Crippen LogP contribution is -1.94. The van der Waals surface area contributed by atoms with Gasteiger partial charge in [-0.1, -0.05) is 30.3 Å². The number of allylic oxidation sites excluding steroid dienone is 1. The zero-order valence-electron chi connectivity index (χ0n) is 8.30. The van der Waals surface area contributed by atoms with Crippen LogP contribution in [0.5, 0.6) is 0 Å². The molecule has 0 spiro atoms. The molecule has 16 heavy (non-hydrogen) atoms. The molecular weight excluding hydrogens is 211 g/mol. The fraction of sp³-hybridized carbons (Fsp3) is 0. The van der Waals surface area contributed by atoms with Crippen LogP contribution in [0.3, 0.4) is 0 Å². The molecule has 0 saturated heterocycles. The molecule has 0 aliphatic rings. The summed E-state index contributed by atoms with van der Waals surface area (Å²) in [5, 5.41) is 0. The Morgan fingerprint density at radius 3 is 2.56 bits per heavy atom. The van der Waals surface area contributed by atoms with Gasteiger partial charge in [0.1, 0.15) is 6.26 Å². The minimum absolute atomic E-state index is 0.0474. The molecule has 3 nitrogen and oxygen atoms in total. The van der Waals surface area contributed by atoms with E-state index in [1.165, 1.54) is 6.08 Å². The highest BCUT2D eigenvalue weighted by atomic mass is 19.1. The van der Waals surface area contributed by atoms with E-state index in [-0.39, 0.29) is 6.29 Å². The van der Waals surface area contributed by atoms with Crippen LogP contribution in [-0.4, -0.2) is 12.3 Å². The topological polar surface area (TPSA) is 43.4 Å². The Bertz CT molecular complexity index is 421. The first kappa shape index (κ1) is 11.8. The zero-order chi connectivity index (χ0) is 11.8. The van der Waals surface area contributed by atoms with E-state index in [2.05, 4.69) is 4.74 Å². The number of hydrogen-bond donors (Lipinski definition) is 0. The molecule has 0 bridgehead atoms. The summed E-state index contributed by atoms with van der Waals surface area (Å²) in [6.07, 6.45) is 3.08. The Labute approximate surface area is 91.8 Å². The van der Waals surface area contributed by atoms with Crippen LogP contribution in [0.4, 0.5) is 4.39 Å². The molecule has 0 radical (unpaired) electrons. The third-order valence-corrected chi connectivity index (χ3v) is 1.61. The number of halogens is 1. The summed E-state index contributed by atoms with van der Waals surface area (Å²) in [7, 11) is 0. The van der Waals surface area contributed by atoms with Crippen LogP contribution in [0.15, 0.2) is 48.5 Å². The highest BCUT2D eigenvalue weighted by molar-refractivity contribution is 5.87. The first-order chi connectivity index (χ1) is 7.72. The van der Waals surface area contributed by atoms with Gasteiger partial charge in [-0.2, -0.15) is 4.39 Å². The maximum Gasteiger partial charge on any atom is 0.335 e. The molecule has 0 unspecified atom stereocenters. The fourth-order valence-corrected chi connectivity index (χ4v) is 0.910. The Hall–Kier alpha value is -2.23. The van der Waals surface area contributed by atoms with Crippen molar-refractivity contribution in [3.05, 3.63) is 54.1 Å². The van der Waals surface area contributed by atoms with Gasteiger partial charge in [0.25, 0.3) is 0 Å². The Balaban J connectivity index is 2.52. The van der Waals surface area contributed by atoms with Gasteiger partial charge in [-0.05, 0) is 11.6 Å². The van der Waals surface area contributed by atoms with Crippen molar-refractivity contribution in [1.82, 2.24) is 0 Å². The van der Waals surface area contributed by atoms with E-state index in [1.807, 2.05) is 18.2 Å². The summed E-state index contributed by atoms with van der Waals surface area (Å²) in [5.41, 5.74) is 0.819. The SMILES string of the molecule is O=C/C(F)=C/OC(=O)/C=C/c1ccccc1. The molecule has 1 aromatic rings. The van der Waals surface area contributed by atoms with Crippen molar-refractivity contribution < 1.29 is 18.7 Å². The van der Waals surface area contributed by atoms with E-state index in [9.17, 15) is 14.0 Å². The maximum atomic E-state index is 12.2. The number of esters is 1. The van der Waals surface area contributed by atoms with E-state index in [1.54, 1.807) is 12.1 Å². The number of hydrogen-bond acceptors (Lipinski definition) is 3. The predicted octanol–water partition coefficient (Wildman–Crippen LogP) is 2.25.